The summed E-state index contributed by atoms with van der Waals surface area (Å²) in [6.07, 6.45) is 1.79. The summed E-state index contributed by atoms with van der Waals surface area (Å²) in [4.78, 5) is 12.1. The fraction of sp³-hybridized carbons (Fsp3) is 0.538. The van der Waals surface area contributed by atoms with Crippen LogP contribution in [-0.2, 0) is 6.54 Å². The first-order valence-electron chi connectivity index (χ1n) is 6.05. The maximum absolute atomic E-state index is 12.1. The van der Waals surface area contributed by atoms with Crippen LogP contribution in [0.3, 0.4) is 0 Å². The zero-order valence-electron chi connectivity index (χ0n) is 11.5. The minimum atomic E-state index is -0.163. The highest BCUT2D eigenvalue weighted by Gasteiger charge is 2.17. The molecule has 1 N–H and O–H groups in total. The molecule has 1 amide bonds. The molecule has 1 unspecified atom stereocenters. The molecule has 100 valence electrons. The molecular weight excluding hydrogens is 250 g/mol. The SMILES string of the molecule is CCn1nc(C(=O)NC(C)/C=C(/C)Cl)c(C)c1C. The number of nitrogens with zero attached hydrogens (tertiary/aromatic N) is 2. The topological polar surface area (TPSA) is 46.9 Å². The molecule has 0 spiro atoms. The molecule has 0 fully saturated rings. The minimum absolute atomic E-state index is 0.110. The van der Waals surface area contributed by atoms with Gasteiger partial charge in [0.2, 0.25) is 0 Å². The van der Waals surface area contributed by atoms with Gasteiger partial charge in [0, 0.05) is 28.9 Å². The molecule has 1 aromatic heterocycles. The van der Waals surface area contributed by atoms with Crippen LogP contribution in [0.4, 0.5) is 0 Å². The van der Waals surface area contributed by atoms with Crippen LogP contribution >= 0.6 is 11.6 Å². The standard InChI is InChI=1S/C13H20ClN3O/c1-6-17-11(5)10(4)12(16-17)13(18)15-9(3)7-8(2)14/h7,9H,6H2,1-5H3,(H,15,18)/b8-7-. The lowest BCUT2D eigenvalue weighted by molar-refractivity contribution is 0.0940. The number of carbonyl (C=O) groups is 1. The van der Waals surface area contributed by atoms with E-state index in [-0.39, 0.29) is 11.9 Å². The van der Waals surface area contributed by atoms with Gasteiger partial charge in [-0.2, -0.15) is 5.10 Å². The van der Waals surface area contributed by atoms with Crippen molar-refractivity contribution in [3.8, 4) is 0 Å². The third kappa shape index (κ3) is 3.35. The molecule has 1 heterocycles. The first-order chi connectivity index (χ1) is 8.36. The van der Waals surface area contributed by atoms with Crippen molar-refractivity contribution < 1.29 is 4.79 Å². The first kappa shape index (κ1) is 14.8. The largest absolute Gasteiger partial charge is 0.345 e. The van der Waals surface area contributed by atoms with Crippen LogP contribution in [0.5, 0.6) is 0 Å². The van der Waals surface area contributed by atoms with Gasteiger partial charge in [-0.25, -0.2) is 0 Å². The highest BCUT2D eigenvalue weighted by atomic mass is 35.5. The molecular formula is C13H20ClN3O. The molecule has 0 aliphatic carbocycles. The van der Waals surface area contributed by atoms with Gasteiger partial charge in [-0.15, -0.1) is 0 Å². The zero-order valence-corrected chi connectivity index (χ0v) is 12.3. The summed E-state index contributed by atoms with van der Waals surface area (Å²) in [5.74, 6) is -0.163. The number of amides is 1. The highest BCUT2D eigenvalue weighted by molar-refractivity contribution is 6.29. The van der Waals surface area contributed by atoms with Crippen LogP contribution in [0.2, 0.25) is 0 Å². The van der Waals surface area contributed by atoms with Crippen molar-refractivity contribution in [3.63, 3.8) is 0 Å². The van der Waals surface area contributed by atoms with E-state index in [9.17, 15) is 4.79 Å². The van der Waals surface area contributed by atoms with Gasteiger partial charge >= 0.3 is 0 Å². The summed E-state index contributed by atoms with van der Waals surface area (Å²) >= 11 is 5.78. The van der Waals surface area contributed by atoms with Crippen molar-refractivity contribution >= 4 is 17.5 Å². The van der Waals surface area contributed by atoms with Gasteiger partial charge in [0.25, 0.3) is 5.91 Å². The van der Waals surface area contributed by atoms with E-state index < -0.39 is 0 Å². The molecule has 0 aliphatic rings. The highest BCUT2D eigenvalue weighted by Crippen LogP contribution is 2.12. The first-order valence-corrected chi connectivity index (χ1v) is 6.43. The quantitative estimate of drug-likeness (QED) is 0.914. The van der Waals surface area contributed by atoms with Gasteiger partial charge in [0.15, 0.2) is 5.69 Å². The van der Waals surface area contributed by atoms with E-state index in [2.05, 4.69) is 10.4 Å². The Labute approximate surface area is 113 Å². The fourth-order valence-corrected chi connectivity index (χ4v) is 2.01. The van der Waals surface area contributed by atoms with Crippen LogP contribution in [0, 0.1) is 13.8 Å². The molecule has 1 aromatic rings. The lowest BCUT2D eigenvalue weighted by atomic mass is 10.2. The van der Waals surface area contributed by atoms with Gasteiger partial charge in [-0.1, -0.05) is 11.6 Å². The predicted molar refractivity (Wildman–Crippen MR) is 73.9 cm³/mol. The number of hydrogen-bond acceptors (Lipinski definition) is 2. The maximum Gasteiger partial charge on any atom is 0.272 e. The van der Waals surface area contributed by atoms with E-state index >= 15 is 0 Å². The minimum Gasteiger partial charge on any atom is -0.345 e. The molecule has 0 bridgehead atoms. The molecule has 4 nitrogen and oxygen atoms in total. The third-order valence-corrected chi connectivity index (χ3v) is 2.98. The van der Waals surface area contributed by atoms with Crippen molar-refractivity contribution in [2.75, 3.05) is 0 Å². The zero-order chi connectivity index (χ0) is 13.9. The lowest BCUT2D eigenvalue weighted by Gasteiger charge is -2.08. The fourth-order valence-electron chi connectivity index (χ4n) is 1.82. The average Bonchev–Trinajstić information content (AvgIpc) is 2.54. The smallest absolute Gasteiger partial charge is 0.272 e. The Morgan fingerprint density at radius 3 is 2.61 bits per heavy atom. The summed E-state index contributed by atoms with van der Waals surface area (Å²) < 4.78 is 1.83. The number of nitrogens with one attached hydrogen (secondary N) is 1. The van der Waals surface area contributed by atoms with Gasteiger partial charge in [-0.05, 0) is 40.7 Å². The third-order valence-electron chi connectivity index (χ3n) is 2.86. The molecule has 1 rings (SSSR count). The van der Waals surface area contributed by atoms with Crippen molar-refractivity contribution in [2.24, 2.45) is 0 Å². The molecule has 0 radical (unpaired) electrons. The normalized spacial score (nSPS) is 13.6. The Kier molecular flexibility index (Phi) is 4.96. The monoisotopic (exact) mass is 269 g/mol. The van der Waals surface area contributed by atoms with Gasteiger partial charge in [0.05, 0.1) is 0 Å². The Hall–Kier alpha value is -1.29. The van der Waals surface area contributed by atoms with Crippen LogP contribution in [0.1, 0.15) is 42.5 Å². The Morgan fingerprint density at radius 1 is 1.56 bits per heavy atom. The molecule has 0 aliphatic heterocycles. The average molecular weight is 270 g/mol. The van der Waals surface area contributed by atoms with Crippen molar-refractivity contribution in [2.45, 2.75) is 47.2 Å². The molecule has 1 atom stereocenters. The second-order valence-corrected chi connectivity index (χ2v) is 4.99. The Bertz CT molecular complexity index is 473. The van der Waals surface area contributed by atoms with Gasteiger partial charge in [-0.3, -0.25) is 9.48 Å². The van der Waals surface area contributed by atoms with E-state index in [0.29, 0.717) is 10.7 Å². The molecule has 18 heavy (non-hydrogen) atoms. The summed E-state index contributed by atoms with van der Waals surface area (Å²) in [6, 6.07) is -0.110. The number of carbonyl (C=O) groups excluding carboxylic acids is 1. The number of aromatic nitrogens is 2. The number of aryl methyl sites for hydroxylation is 1. The van der Waals surface area contributed by atoms with Gasteiger partial charge < -0.3 is 5.32 Å². The van der Waals surface area contributed by atoms with Crippen LogP contribution in [0.25, 0.3) is 0 Å². The summed E-state index contributed by atoms with van der Waals surface area (Å²) in [5.41, 5.74) is 2.44. The molecule has 5 heteroatoms. The van der Waals surface area contributed by atoms with Crippen molar-refractivity contribution in [1.82, 2.24) is 15.1 Å². The number of halogens is 1. The predicted octanol–water partition coefficient (Wildman–Crippen LogP) is 2.78. The van der Waals surface area contributed by atoms with Crippen molar-refractivity contribution in [1.29, 1.82) is 0 Å². The van der Waals surface area contributed by atoms with Crippen molar-refractivity contribution in [3.05, 3.63) is 28.1 Å². The van der Waals surface area contributed by atoms with Crippen LogP contribution in [-0.4, -0.2) is 21.7 Å². The molecule has 0 aromatic carbocycles. The number of rotatable bonds is 4. The van der Waals surface area contributed by atoms with Gasteiger partial charge in [0.1, 0.15) is 0 Å². The summed E-state index contributed by atoms with van der Waals surface area (Å²) in [7, 11) is 0. The number of hydrogen-bond donors (Lipinski definition) is 1. The summed E-state index contributed by atoms with van der Waals surface area (Å²) in [5, 5.41) is 7.83. The Balaban J connectivity index is 2.88. The maximum atomic E-state index is 12.1. The second kappa shape index (κ2) is 6.05. The van der Waals surface area contributed by atoms with E-state index in [4.69, 9.17) is 11.6 Å². The second-order valence-electron chi connectivity index (χ2n) is 4.39. The van der Waals surface area contributed by atoms with E-state index in [0.717, 1.165) is 17.8 Å². The van der Waals surface area contributed by atoms with Crippen LogP contribution < -0.4 is 5.32 Å². The van der Waals surface area contributed by atoms with E-state index in [1.54, 1.807) is 13.0 Å². The lowest BCUT2D eigenvalue weighted by Crippen LogP contribution is -2.32. The summed E-state index contributed by atoms with van der Waals surface area (Å²) in [6.45, 7) is 10.3. The van der Waals surface area contributed by atoms with Crippen LogP contribution in [0.15, 0.2) is 11.1 Å². The van der Waals surface area contributed by atoms with E-state index in [1.165, 1.54) is 0 Å². The Morgan fingerprint density at radius 2 is 2.17 bits per heavy atom. The molecule has 0 saturated heterocycles. The molecule has 0 saturated carbocycles. The van der Waals surface area contributed by atoms with E-state index in [1.807, 2.05) is 32.4 Å². The number of allylic oxidation sites excluding steroid dienone is 1.